The fraction of sp³-hybridized carbons (Fsp3) is 0. The summed E-state index contributed by atoms with van der Waals surface area (Å²) in [6.45, 7) is 0. The van der Waals surface area contributed by atoms with E-state index in [1.54, 1.807) is 6.07 Å². The molecular weight excluding hydrogens is 184 g/mol. The summed E-state index contributed by atoms with van der Waals surface area (Å²) >= 11 is 0. The van der Waals surface area contributed by atoms with Crippen molar-refractivity contribution in [3.8, 4) is 6.07 Å². The maximum Gasteiger partial charge on any atom is 0.488 e. The summed E-state index contributed by atoms with van der Waals surface area (Å²) < 4.78 is 0. The highest BCUT2D eigenvalue weighted by atomic mass is 16.4. The first-order valence-electron chi connectivity index (χ1n) is 3.82. The van der Waals surface area contributed by atoms with E-state index in [-0.39, 0.29) is 16.5 Å². The normalized spacial score (nSPS) is 9.36. The Labute approximate surface area is 81.2 Å². The van der Waals surface area contributed by atoms with Gasteiger partial charge in [-0.1, -0.05) is 6.07 Å². The van der Waals surface area contributed by atoms with Crippen LogP contribution >= 0.6 is 0 Å². The largest absolute Gasteiger partial charge is 0.488 e. The van der Waals surface area contributed by atoms with Gasteiger partial charge in [0.2, 0.25) is 0 Å². The van der Waals surface area contributed by atoms with Gasteiger partial charge in [-0.15, -0.1) is 0 Å². The molecule has 14 heavy (non-hydrogen) atoms. The Morgan fingerprint density at radius 2 is 1.36 bits per heavy atom. The lowest BCUT2D eigenvalue weighted by Crippen LogP contribution is -2.38. The summed E-state index contributed by atoms with van der Waals surface area (Å²) in [5.41, 5.74) is 0.234. The zero-order chi connectivity index (χ0) is 10.7. The average Bonchev–Trinajstić information content (AvgIpc) is 2.16. The topological polar surface area (TPSA) is 105 Å². The molecule has 0 atom stereocenters. The van der Waals surface area contributed by atoms with Gasteiger partial charge in [0.25, 0.3) is 0 Å². The number of benzene rings is 1. The highest BCUT2D eigenvalue weighted by molar-refractivity contribution is 6.62. The van der Waals surface area contributed by atoms with Crippen LogP contribution in [0.25, 0.3) is 0 Å². The van der Waals surface area contributed by atoms with E-state index in [4.69, 9.17) is 25.4 Å². The van der Waals surface area contributed by atoms with E-state index in [0.717, 1.165) is 0 Å². The summed E-state index contributed by atoms with van der Waals surface area (Å²) in [4.78, 5) is 0. The summed E-state index contributed by atoms with van der Waals surface area (Å²) in [6.07, 6.45) is 0. The van der Waals surface area contributed by atoms with Crippen molar-refractivity contribution >= 4 is 25.2 Å². The standard InChI is InChI=1S/C7H7B2NO4/c10-4-5-1-6(8(11)12)3-7(2-5)9(13)14/h1-3,11-14H. The molecule has 0 aliphatic carbocycles. The minimum Gasteiger partial charge on any atom is -0.423 e. The molecule has 1 aromatic carbocycles. The lowest BCUT2D eigenvalue weighted by molar-refractivity contribution is 0.425. The molecule has 0 aliphatic heterocycles. The third-order valence-corrected chi connectivity index (χ3v) is 1.70. The first-order valence-corrected chi connectivity index (χ1v) is 3.82. The molecular formula is C7H7B2NO4. The Morgan fingerprint density at radius 3 is 1.64 bits per heavy atom. The number of nitrogens with zero attached hydrogens (tertiary/aromatic N) is 1. The molecule has 0 fully saturated rings. The van der Waals surface area contributed by atoms with Crippen molar-refractivity contribution in [2.45, 2.75) is 0 Å². The van der Waals surface area contributed by atoms with Crippen LogP contribution < -0.4 is 10.9 Å². The maximum absolute atomic E-state index is 8.83. The molecule has 1 rings (SSSR count). The summed E-state index contributed by atoms with van der Waals surface area (Å²) in [7, 11) is -3.47. The van der Waals surface area contributed by atoms with Gasteiger partial charge in [0.15, 0.2) is 0 Å². The molecule has 0 aromatic heterocycles. The first-order chi connectivity index (χ1) is 6.54. The van der Waals surface area contributed by atoms with E-state index in [1.165, 1.54) is 18.2 Å². The van der Waals surface area contributed by atoms with Crippen LogP contribution in [-0.2, 0) is 0 Å². The fourth-order valence-electron chi connectivity index (χ4n) is 1.04. The van der Waals surface area contributed by atoms with Gasteiger partial charge in [0.05, 0.1) is 11.6 Å². The minimum absolute atomic E-state index is 0.0483. The average molecular weight is 191 g/mol. The van der Waals surface area contributed by atoms with Gasteiger partial charge in [-0.05, 0) is 23.1 Å². The van der Waals surface area contributed by atoms with E-state index < -0.39 is 14.2 Å². The quantitative estimate of drug-likeness (QED) is 0.371. The number of hydrogen-bond acceptors (Lipinski definition) is 5. The summed E-state index contributed by atoms with van der Waals surface area (Å²) in [5.74, 6) is 0. The van der Waals surface area contributed by atoms with E-state index in [1.807, 2.05) is 0 Å². The van der Waals surface area contributed by atoms with E-state index in [9.17, 15) is 0 Å². The maximum atomic E-state index is 8.83. The second-order valence-electron chi connectivity index (χ2n) is 2.75. The van der Waals surface area contributed by atoms with Gasteiger partial charge in [0.1, 0.15) is 0 Å². The molecule has 4 N–H and O–H groups in total. The van der Waals surface area contributed by atoms with Crippen LogP contribution in [0.2, 0.25) is 0 Å². The van der Waals surface area contributed by atoms with E-state index in [0.29, 0.717) is 0 Å². The zero-order valence-electron chi connectivity index (χ0n) is 7.12. The van der Waals surface area contributed by atoms with Crippen molar-refractivity contribution in [1.29, 1.82) is 5.26 Å². The molecule has 0 saturated heterocycles. The summed E-state index contributed by atoms with van der Waals surface area (Å²) in [5, 5.41) is 43.9. The summed E-state index contributed by atoms with van der Waals surface area (Å²) in [6, 6.07) is 5.50. The highest BCUT2D eigenvalue weighted by Gasteiger charge is 2.18. The SMILES string of the molecule is N#Cc1cc(B(O)O)cc(B(O)O)c1. The monoisotopic (exact) mass is 191 g/mol. The van der Waals surface area contributed by atoms with E-state index in [2.05, 4.69) is 0 Å². The highest BCUT2D eigenvalue weighted by Crippen LogP contribution is 1.93. The predicted octanol–water partition coefficient (Wildman–Crippen LogP) is -3.08. The van der Waals surface area contributed by atoms with Crippen LogP contribution in [0.4, 0.5) is 0 Å². The smallest absolute Gasteiger partial charge is 0.423 e. The van der Waals surface area contributed by atoms with Gasteiger partial charge in [0, 0.05) is 0 Å². The minimum atomic E-state index is -1.74. The Morgan fingerprint density at radius 1 is 0.929 bits per heavy atom. The molecule has 0 saturated carbocycles. The van der Waals surface area contributed by atoms with E-state index >= 15 is 0 Å². The number of rotatable bonds is 2. The zero-order valence-corrected chi connectivity index (χ0v) is 7.12. The molecule has 0 heterocycles. The van der Waals surface area contributed by atoms with Crippen LogP contribution in [0.15, 0.2) is 18.2 Å². The van der Waals surface area contributed by atoms with Crippen LogP contribution in [-0.4, -0.2) is 34.3 Å². The molecule has 0 bridgehead atoms. The Balaban J connectivity index is 3.22. The number of hydrogen-bond donors (Lipinski definition) is 4. The molecule has 7 heteroatoms. The van der Waals surface area contributed by atoms with Gasteiger partial charge in [-0.3, -0.25) is 0 Å². The molecule has 0 spiro atoms. The number of nitriles is 1. The van der Waals surface area contributed by atoms with Gasteiger partial charge >= 0.3 is 14.2 Å². The Kier molecular flexibility index (Phi) is 3.28. The van der Waals surface area contributed by atoms with Crippen molar-refractivity contribution in [1.82, 2.24) is 0 Å². The van der Waals surface area contributed by atoms with Gasteiger partial charge in [-0.25, -0.2) is 0 Å². The van der Waals surface area contributed by atoms with Gasteiger partial charge in [-0.2, -0.15) is 5.26 Å². The molecule has 0 aliphatic rings. The van der Waals surface area contributed by atoms with Crippen molar-refractivity contribution in [3.05, 3.63) is 23.8 Å². The lowest BCUT2D eigenvalue weighted by Gasteiger charge is -2.04. The van der Waals surface area contributed by atoms with Crippen LogP contribution in [0.5, 0.6) is 0 Å². The molecule has 70 valence electrons. The molecule has 0 radical (unpaired) electrons. The van der Waals surface area contributed by atoms with Crippen LogP contribution in [0.3, 0.4) is 0 Å². The molecule has 1 aromatic rings. The molecule has 0 amide bonds. The third-order valence-electron chi connectivity index (χ3n) is 1.70. The van der Waals surface area contributed by atoms with Crippen molar-refractivity contribution in [3.63, 3.8) is 0 Å². The van der Waals surface area contributed by atoms with Crippen LogP contribution in [0.1, 0.15) is 5.56 Å². The predicted molar refractivity (Wildman–Crippen MR) is 50.8 cm³/mol. The van der Waals surface area contributed by atoms with Crippen molar-refractivity contribution in [2.75, 3.05) is 0 Å². The third kappa shape index (κ3) is 2.34. The Hall–Kier alpha value is -1.32. The Bertz CT molecular complexity index is 348. The van der Waals surface area contributed by atoms with Crippen molar-refractivity contribution < 1.29 is 20.1 Å². The molecule has 5 nitrogen and oxygen atoms in total. The second-order valence-corrected chi connectivity index (χ2v) is 2.75. The van der Waals surface area contributed by atoms with Crippen molar-refractivity contribution in [2.24, 2.45) is 0 Å². The first kappa shape index (κ1) is 10.8. The fourth-order valence-corrected chi connectivity index (χ4v) is 1.04. The van der Waals surface area contributed by atoms with Gasteiger partial charge < -0.3 is 20.1 Å². The lowest BCUT2D eigenvalue weighted by atomic mass is 9.72. The second kappa shape index (κ2) is 4.26. The van der Waals surface area contributed by atoms with Crippen LogP contribution in [0, 0.1) is 11.3 Å². The molecule has 0 unspecified atom stereocenters.